The SMILES string of the molecule is CC1=CCCC(C)(C)C1C1=C(C)CC(C=O)CC1. The van der Waals surface area contributed by atoms with Crippen LogP contribution in [0.4, 0.5) is 0 Å². The van der Waals surface area contributed by atoms with Crippen molar-refractivity contribution in [3.05, 3.63) is 22.8 Å². The van der Waals surface area contributed by atoms with E-state index in [1.807, 2.05) is 0 Å². The number of hydrogen-bond acceptors (Lipinski definition) is 1. The highest BCUT2D eigenvalue weighted by molar-refractivity contribution is 5.55. The molecule has 0 aromatic rings. The summed E-state index contributed by atoms with van der Waals surface area (Å²) in [7, 11) is 0. The summed E-state index contributed by atoms with van der Waals surface area (Å²) in [6, 6.07) is 0. The van der Waals surface area contributed by atoms with Crippen molar-refractivity contribution in [1.82, 2.24) is 0 Å². The highest BCUT2D eigenvalue weighted by atomic mass is 16.1. The van der Waals surface area contributed by atoms with Crippen LogP contribution in [-0.4, -0.2) is 6.29 Å². The Hall–Kier alpha value is -0.850. The summed E-state index contributed by atoms with van der Waals surface area (Å²) in [5, 5.41) is 0. The molecule has 2 aliphatic rings. The zero-order valence-corrected chi connectivity index (χ0v) is 12.3. The molecule has 100 valence electrons. The van der Waals surface area contributed by atoms with Crippen LogP contribution >= 0.6 is 0 Å². The van der Waals surface area contributed by atoms with Crippen molar-refractivity contribution in [3.8, 4) is 0 Å². The normalized spacial score (nSPS) is 32.1. The summed E-state index contributed by atoms with van der Waals surface area (Å²) in [5.74, 6) is 0.878. The highest BCUT2D eigenvalue weighted by Gasteiger charge is 2.37. The molecule has 0 fully saturated rings. The first-order valence-electron chi connectivity index (χ1n) is 7.26. The zero-order valence-electron chi connectivity index (χ0n) is 12.3. The minimum absolute atomic E-state index is 0.268. The van der Waals surface area contributed by atoms with Gasteiger partial charge in [-0.1, -0.05) is 36.6 Å². The molecule has 0 aromatic heterocycles. The Morgan fingerprint density at radius 1 is 1.33 bits per heavy atom. The van der Waals surface area contributed by atoms with E-state index in [2.05, 4.69) is 33.8 Å². The van der Waals surface area contributed by atoms with E-state index in [1.165, 1.54) is 18.4 Å². The van der Waals surface area contributed by atoms with Crippen LogP contribution in [-0.2, 0) is 4.79 Å². The minimum atomic E-state index is 0.268. The van der Waals surface area contributed by atoms with Gasteiger partial charge in [0, 0.05) is 11.8 Å². The Balaban J connectivity index is 2.32. The number of rotatable bonds is 2. The molecular weight excluding hydrogens is 220 g/mol. The summed E-state index contributed by atoms with van der Waals surface area (Å²) >= 11 is 0. The van der Waals surface area contributed by atoms with Gasteiger partial charge in [-0.15, -0.1) is 0 Å². The summed E-state index contributed by atoms with van der Waals surface area (Å²) in [6.07, 6.45) is 9.22. The lowest BCUT2D eigenvalue weighted by Crippen LogP contribution is -2.31. The molecule has 0 bridgehead atoms. The molecule has 2 rings (SSSR count). The van der Waals surface area contributed by atoms with Gasteiger partial charge < -0.3 is 4.79 Å². The average molecular weight is 246 g/mol. The van der Waals surface area contributed by atoms with Crippen molar-refractivity contribution < 1.29 is 4.79 Å². The average Bonchev–Trinajstić information content (AvgIpc) is 2.30. The summed E-state index contributed by atoms with van der Waals surface area (Å²) < 4.78 is 0. The smallest absolute Gasteiger partial charge is 0.123 e. The number of hydrogen-bond donors (Lipinski definition) is 0. The van der Waals surface area contributed by atoms with Gasteiger partial charge in [0.1, 0.15) is 6.29 Å². The van der Waals surface area contributed by atoms with Crippen molar-refractivity contribution in [3.63, 3.8) is 0 Å². The fourth-order valence-corrected chi connectivity index (χ4v) is 3.98. The molecule has 1 heteroatoms. The van der Waals surface area contributed by atoms with Crippen molar-refractivity contribution in [2.45, 2.75) is 59.8 Å². The largest absolute Gasteiger partial charge is 0.303 e. The van der Waals surface area contributed by atoms with Crippen molar-refractivity contribution in [1.29, 1.82) is 0 Å². The molecule has 0 N–H and O–H groups in total. The molecule has 0 spiro atoms. The van der Waals surface area contributed by atoms with E-state index < -0.39 is 0 Å². The van der Waals surface area contributed by atoms with Gasteiger partial charge in [-0.05, 0) is 51.4 Å². The third kappa shape index (κ3) is 2.46. The Kier molecular flexibility index (Phi) is 3.79. The molecule has 0 aliphatic heterocycles. The Morgan fingerprint density at radius 2 is 2.06 bits per heavy atom. The van der Waals surface area contributed by atoms with Crippen LogP contribution in [0, 0.1) is 17.3 Å². The summed E-state index contributed by atoms with van der Waals surface area (Å²) in [4.78, 5) is 10.9. The van der Waals surface area contributed by atoms with Crippen LogP contribution in [0.15, 0.2) is 22.8 Å². The molecule has 18 heavy (non-hydrogen) atoms. The zero-order chi connectivity index (χ0) is 13.3. The third-order valence-corrected chi connectivity index (χ3v) is 4.93. The summed E-state index contributed by atoms with van der Waals surface area (Å²) in [6.45, 7) is 9.33. The molecule has 2 aliphatic carbocycles. The molecule has 1 nitrogen and oxygen atoms in total. The van der Waals surface area contributed by atoms with Gasteiger partial charge in [0.25, 0.3) is 0 Å². The molecule has 0 saturated heterocycles. The summed E-state index contributed by atoms with van der Waals surface area (Å²) in [5.41, 5.74) is 5.03. The number of allylic oxidation sites excluding steroid dienone is 4. The number of aldehydes is 1. The van der Waals surface area contributed by atoms with Crippen LogP contribution in [0.2, 0.25) is 0 Å². The van der Waals surface area contributed by atoms with E-state index in [0.29, 0.717) is 11.3 Å². The Labute approximate surface area is 111 Å². The maximum atomic E-state index is 10.9. The second-order valence-electron chi connectivity index (χ2n) is 6.85. The van der Waals surface area contributed by atoms with Crippen LogP contribution in [0.1, 0.15) is 59.8 Å². The van der Waals surface area contributed by atoms with E-state index >= 15 is 0 Å². The molecule has 2 unspecified atom stereocenters. The van der Waals surface area contributed by atoms with Crippen molar-refractivity contribution in [2.24, 2.45) is 17.3 Å². The van der Waals surface area contributed by atoms with E-state index in [9.17, 15) is 4.79 Å². The Morgan fingerprint density at radius 3 is 2.61 bits per heavy atom. The molecular formula is C17H26O. The van der Waals surface area contributed by atoms with Crippen LogP contribution in [0.5, 0.6) is 0 Å². The third-order valence-electron chi connectivity index (χ3n) is 4.93. The van der Waals surface area contributed by atoms with Gasteiger partial charge in [0.15, 0.2) is 0 Å². The van der Waals surface area contributed by atoms with E-state index in [4.69, 9.17) is 0 Å². The second-order valence-corrected chi connectivity index (χ2v) is 6.85. The number of carbonyl (C=O) groups is 1. The lowest BCUT2D eigenvalue weighted by atomic mass is 9.62. The van der Waals surface area contributed by atoms with Gasteiger partial charge in [0.2, 0.25) is 0 Å². The monoisotopic (exact) mass is 246 g/mol. The molecule has 2 atom stereocenters. The first-order chi connectivity index (χ1) is 8.45. The highest BCUT2D eigenvalue weighted by Crippen LogP contribution is 2.48. The molecule has 0 aromatic carbocycles. The van der Waals surface area contributed by atoms with Gasteiger partial charge in [-0.3, -0.25) is 0 Å². The quantitative estimate of drug-likeness (QED) is 0.510. The van der Waals surface area contributed by atoms with Crippen molar-refractivity contribution in [2.75, 3.05) is 0 Å². The van der Waals surface area contributed by atoms with Gasteiger partial charge >= 0.3 is 0 Å². The lowest BCUT2D eigenvalue weighted by molar-refractivity contribution is -0.111. The lowest BCUT2D eigenvalue weighted by Gasteiger charge is -2.42. The number of carbonyl (C=O) groups excluding carboxylic acids is 1. The maximum Gasteiger partial charge on any atom is 0.123 e. The van der Waals surface area contributed by atoms with E-state index in [-0.39, 0.29) is 5.92 Å². The minimum Gasteiger partial charge on any atom is -0.303 e. The van der Waals surface area contributed by atoms with Crippen LogP contribution in [0.25, 0.3) is 0 Å². The van der Waals surface area contributed by atoms with Crippen molar-refractivity contribution >= 4 is 6.29 Å². The Bertz CT molecular complexity index is 398. The van der Waals surface area contributed by atoms with E-state index in [0.717, 1.165) is 25.5 Å². The topological polar surface area (TPSA) is 17.1 Å². The van der Waals surface area contributed by atoms with Gasteiger partial charge in [0.05, 0.1) is 0 Å². The van der Waals surface area contributed by atoms with Gasteiger partial charge in [-0.25, -0.2) is 0 Å². The fraction of sp³-hybridized carbons (Fsp3) is 0.706. The first kappa shape index (κ1) is 13.6. The molecule has 0 heterocycles. The molecule has 0 radical (unpaired) electrons. The first-order valence-corrected chi connectivity index (χ1v) is 7.26. The maximum absolute atomic E-state index is 10.9. The fourth-order valence-electron chi connectivity index (χ4n) is 3.98. The van der Waals surface area contributed by atoms with Crippen LogP contribution < -0.4 is 0 Å². The van der Waals surface area contributed by atoms with E-state index in [1.54, 1.807) is 11.1 Å². The van der Waals surface area contributed by atoms with Crippen LogP contribution in [0.3, 0.4) is 0 Å². The molecule has 0 amide bonds. The second kappa shape index (κ2) is 5.03. The predicted molar refractivity (Wildman–Crippen MR) is 76.4 cm³/mol. The predicted octanol–water partition coefficient (Wildman–Crippen LogP) is 4.68. The standard InChI is InChI=1S/C17H26O/c1-12-6-5-9-17(3,4)16(12)15-8-7-14(11-18)10-13(15)2/h6,11,14,16H,5,7-10H2,1-4H3. The molecule has 0 saturated carbocycles. The van der Waals surface area contributed by atoms with Gasteiger partial charge in [-0.2, -0.15) is 0 Å².